The van der Waals surface area contributed by atoms with Gasteiger partial charge in [0.05, 0.1) is 6.10 Å². The SMILES string of the molecule is CC[C@H]1OC2OC(C)(C)O[C@@H]2[C@H]1OOCc1ccccc1. The van der Waals surface area contributed by atoms with Crippen LogP contribution < -0.4 is 0 Å². The van der Waals surface area contributed by atoms with Gasteiger partial charge in [-0.1, -0.05) is 37.3 Å². The maximum Gasteiger partial charge on any atom is 0.190 e. The molecule has 0 radical (unpaired) electrons. The first-order valence-electron chi connectivity index (χ1n) is 7.42. The van der Waals surface area contributed by atoms with E-state index in [1.54, 1.807) is 0 Å². The van der Waals surface area contributed by atoms with Gasteiger partial charge in [-0.25, -0.2) is 9.78 Å². The Balaban J connectivity index is 1.57. The van der Waals surface area contributed by atoms with Crippen molar-refractivity contribution >= 4 is 0 Å². The summed E-state index contributed by atoms with van der Waals surface area (Å²) < 4.78 is 17.4. The molecule has 1 aromatic rings. The topological polar surface area (TPSA) is 46.2 Å². The third kappa shape index (κ3) is 3.27. The summed E-state index contributed by atoms with van der Waals surface area (Å²) in [5.74, 6) is -0.644. The second-order valence-corrected chi connectivity index (χ2v) is 5.86. The predicted octanol–water partition coefficient (Wildman–Crippen LogP) is 2.79. The summed E-state index contributed by atoms with van der Waals surface area (Å²) >= 11 is 0. The van der Waals surface area contributed by atoms with E-state index in [4.69, 9.17) is 24.0 Å². The van der Waals surface area contributed by atoms with E-state index in [1.165, 1.54) is 0 Å². The summed E-state index contributed by atoms with van der Waals surface area (Å²) in [5.41, 5.74) is 1.06. The van der Waals surface area contributed by atoms with Crippen LogP contribution in [0, 0.1) is 0 Å². The lowest BCUT2D eigenvalue weighted by Gasteiger charge is -2.24. The Kier molecular flexibility index (Phi) is 4.28. The van der Waals surface area contributed by atoms with Gasteiger partial charge in [0.2, 0.25) is 0 Å². The minimum absolute atomic E-state index is 0.0770. The van der Waals surface area contributed by atoms with E-state index < -0.39 is 5.79 Å². The first-order valence-corrected chi connectivity index (χ1v) is 7.42. The number of hydrogen-bond acceptors (Lipinski definition) is 5. The summed E-state index contributed by atoms with van der Waals surface area (Å²) in [6.45, 7) is 6.19. The van der Waals surface area contributed by atoms with Crippen molar-refractivity contribution in [2.45, 2.75) is 64.2 Å². The average molecular weight is 294 g/mol. The molecular weight excluding hydrogens is 272 g/mol. The van der Waals surface area contributed by atoms with Gasteiger partial charge in [0.15, 0.2) is 18.2 Å². The zero-order valence-corrected chi connectivity index (χ0v) is 12.7. The molecule has 4 atom stereocenters. The van der Waals surface area contributed by atoms with Crippen molar-refractivity contribution in [2.75, 3.05) is 0 Å². The quantitative estimate of drug-likeness (QED) is 0.617. The van der Waals surface area contributed by atoms with Gasteiger partial charge in [-0.3, -0.25) is 0 Å². The van der Waals surface area contributed by atoms with Crippen molar-refractivity contribution in [3.05, 3.63) is 35.9 Å². The molecule has 0 saturated carbocycles. The lowest BCUT2D eigenvalue weighted by molar-refractivity contribution is -0.354. The molecule has 5 heteroatoms. The molecule has 2 aliphatic rings. The fraction of sp³-hybridized carbons (Fsp3) is 0.625. The first kappa shape index (κ1) is 14.9. The lowest BCUT2D eigenvalue weighted by atomic mass is 10.1. The molecule has 2 aliphatic heterocycles. The standard InChI is InChI=1S/C16H22O5/c1-4-12-13(14-15(18-12)20-16(2,3)19-14)21-17-10-11-8-6-5-7-9-11/h5-9,12-15H,4,10H2,1-3H3/t12-,13+,14-,15?/m1/s1. The molecule has 1 aromatic carbocycles. The summed E-state index contributed by atoms with van der Waals surface area (Å²) in [4.78, 5) is 11.0. The van der Waals surface area contributed by atoms with Crippen LogP contribution in [0.2, 0.25) is 0 Å². The molecular formula is C16H22O5. The molecule has 3 rings (SSSR count). The second-order valence-electron chi connectivity index (χ2n) is 5.86. The van der Waals surface area contributed by atoms with Crippen LogP contribution in [0.1, 0.15) is 32.8 Å². The highest BCUT2D eigenvalue weighted by Gasteiger charge is 2.55. The number of fused-ring (bicyclic) bond motifs is 1. The fourth-order valence-corrected chi connectivity index (χ4v) is 2.75. The van der Waals surface area contributed by atoms with Crippen molar-refractivity contribution in [1.82, 2.24) is 0 Å². The van der Waals surface area contributed by atoms with Crippen LogP contribution in [0.25, 0.3) is 0 Å². The van der Waals surface area contributed by atoms with Crippen molar-refractivity contribution < 1.29 is 24.0 Å². The van der Waals surface area contributed by atoms with Gasteiger partial charge >= 0.3 is 0 Å². The molecule has 2 saturated heterocycles. The third-order valence-electron chi connectivity index (χ3n) is 3.74. The van der Waals surface area contributed by atoms with E-state index in [9.17, 15) is 0 Å². The highest BCUT2D eigenvalue weighted by molar-refractivity contribution is 5.13. The summed E-state index contributed by atoms with van der Waals surface area (Å²) in [6.07, 6.45) is -0.159. The normalized spacial score (nSPS) is 34.0. The molecule has 0 aromatic heterocycles. The molecule has 2 fully saturated rings. The Labute approximate surface area is 125 Å². The van der Waals surface area contributed by atoms with Crippen LogP contribution in [0.5, 0.6) is 0 Å². The Morgan fingerprint density at radius 3 is 2.62 bits per heavy atom. The lowest BCUT2D eigenvalue weighted by Crippen LogP contribution is -2.36. The van der Waals surface area contributed by atoms with E-state index in [2.05, 4.69) is 0 Å². The largest absolute Gasteiger partial charge is 0.344 e. The Hall–Kier alpha value is -0.980. The molecule has 0 bridgehead atoms. The number of hydrogen-bond donors (Lipinski definition) is 0. The van der Waals surface area contributed by atoms with E-state index in [1.807, 2.05) is 51.1 Å². The zero-order valence-electron chi connectivity index (χ0n) is 12.7. The molecule has 21 heavy (non-hydrogen) atoms. The Morgan fingerprint density at radius 2 is 1.90 bits per heavy atom. The van der Waals surface area contributed by atoms with E-state index >= 15 is 0 Å². The van der Waals surface area contributed by atoms with Crippen molar-refractivity contribution in [3.8, 4) is 0 Å². The van der Waals surface area contributed by atoms with Gasteiger partial charge < -0.3 is 14.2 Å². The average Bonchev–Trinajstić information content (AvgIpc) is 2.92. The molecule has 1 unspecified atom stereocenters. The van der Waals surface area contributed by atoms with Crippen LogP contribution in [0.15, 0.2) is 30.3 Å². The molecule has 5 nitrogen and oxygen atoms in total. The number of benzene rings is 1. The molecule has 0 amide bonds. The summed E-state index contributed by atoms with van der Waals surface area (Å²) in [7, 11) is 0. The van der Waals surface area contributed by atoms with E-state index in [0.29, 0.717) is 6.61 Å². The van der Waals surface area contributed by atoms with Crippen LogP contribution in [-0.4, -0.2) is 30.4 Å². The van der Waals surface area contributed by atoms with Gasteiger partial charge in [-0.2, -0.15) is 0 Å². The highest BCUT2D eigenvalue weighted by atomic mass is 17.2. The van der Waals surface area contributed by atoms with E-state index in [-0.39, 0.29) is 24.6 Å². The maximum absolute atomic E-state index is 5.87. The second kappa shape index (κ2) is 6.02. The zero-order chi connectivity index (χ0) is 14.9. The van der Waals surface area contributed by atoms with Crippen LogP contribution in [0.4, 0.5) is 0 Å². The van der Waals surface area contributed by atoms with Gasteiger partial charge in [0.25, 0.3) is 0 Å². The maximum atomic E-state index is 5.87. The van der Waals surface area contributed by atoms with Gasteiger partial charge in [-0.05, 0) is 25.8 Å². The predicted molar refractivity (Wildman–Crippen MR) is 75.1 cm³/mol. The van der Waals surface area contributed by atoms with Gasteiger partial charge in [-0.15, -0.1) is 0 Å². The molecule has 0 N–H and O–H groups in total. The fourth-order valence-electron chi connectivity index (χ4n) is 2.75. The third-order valence-corrected chi connectivity index (χ3v) is 3.74. The van der Waals surface area contributed by atoms with Gasteiger partial charge in [0.1, 0.15) is 12.7 Å². The van der Waals surface area contributed by atoms with Crippen molar-refractivity contribution in [1.29, 1.82) is 0 Å². The van der Waals surface area contributed by atoms with Crippen molar-refractivity contribution in [2.24, 2.45) is 0 Å². The number of rotatable bonds is 5. The van der Waals surface area contributed by atoms with Gasteiger partial charge in [0, 0.05) is 0 Å². The molecule has 0 aliphatic carbocycles. The van der Waals surface area contributed by atoms with Crippen LogP contribution in [0.3, 0.4) is 0 Å². The number of ether oxygens (including phenoxy) is 3. The Bertz CT molecular complexity index is 461. The van der Waals surface area contributed by atoms with E-state index in [0.717, 1.165) is 12.0 Å². The highest BCUT2D eigenvalue weighted by Crippen LogP contribution is 2.39. The van der Waals surface area contributed by atoms with Crippen LogP contribution >= 0.6 is 0 Å². The summed E-state index contributed by atoms with van der Waals surface area (Å²) in [6, 6.07) is 9.90. The van der Waals surface area contributed by atoms with Crippen LogP contribution in [-0.2, 0) is 30.6 Å². The Morgan fingerprint density at radius 1 is 1.14 bits per heavy atom. The smallest absolute Gasteiger partial charge is 0.190 e. The molecule has 116 valence electrons. The summed E-state index contributed by atoms with van der Waals surface area (Å²) in [5, 5.41) is 0. The minimum atomic E-state index is -0.644. The van der Waals surface area contributed by atoms with Crippen molar-refractivity contribution in [3.63, 3.8) is 0 Å². The minimum Gasteiger partial charge on any atom is -0.344 e. The first-order chi connectivity index (χ1) is 10.1. The molecule has 0 spiro atoms. The molecule has 2 heterocycles. The monoisotopic (exact) mass is 294 g/mol.